The molecule has 0 rings (SSSR count). The van der Waals surface area contributed by atoms with Crippen molar-refractivity contribution in [1.82, 2.24) is 0 Å². The maximum atomic E-state index is 2.29. The lowest BCUT2D eigenvalue weighted by Gasteiger charge is -2.12. The van der Waals surface area contributed by atoms with E-state index in [-0.39, 0.29) is 0 Å². The molecule has 1 atom stereocenters. The van der Waals surface area contributed by atoms with Gasteiger partial charge in [-0.3, -0.25) is 0 Å². The quantitative estimate of drug-likeness (QED) is 0.569. The molecule has 0 aliphatic carbocycles. The normalized spacial score (nSPS) is 14.6. The third-order valence-corrected chi connectivity index (χ3v) is 2.77. The van der Waals surface area contributed by atoms with Crippen molar-refractivity contribution in [3.63, 3.8) is 0 Å². The Balaban J connectivity index is 3.17. The molecule has 50 valence electrons. The molecule has 8 heavy (non-hydrogen) atoms. The SMILES string of the molecule is CCS[C@H](C)C(C)C. The summed E-state index contributed by atoms with van der Waals surface area (Å²) in [5.41, 5.74) is 0. The van der Waals surface area contributed by atoms with Crippen molar-refractivity contribution < 1.29 is 0 Å². The van der Waals surface area contributed by atoms with Crippen LogP contribution in [-0.4, -0.2) is 11.0 Å². The molecule has 0 unspecified atom stereocenters. The summed E-state index contributed by atoms with van der Waals surface area (Å²) in [6.45, 7) is 9.04. The molecule has 0 bridgehead atoms. The van der Waals surface area contributed by atoms with Gasteiger partial charge < -0.3 is 0 Å². The predicted molar refractivity (Wildman–Crippen MR) is 42.4 cm³/mol. The molecule has 1 heteroatoms. The Morgan fingerprint density at radius 1 is 1.25 bits per heavy atom. The molecule has 0 aromatic carbocycles. The van der Waals surface area contributed by atoms with E-state index in [4.69, 9.17) is 0 Å². The van der Waals surface area contributed by atoms with Crippen molar-refractivity contribution in [3.05, 3.63) is 0 Å². The standard InChI is InChI=1S/C7H16S/c1-5-8-7(4)6(2)3/h6-7H,5H2,1-4H3/t7-/m1/s1. The first kappa shape index (κ1) is 8.35. The summed E-state index contributed by atoms with van der Waals surface area (Å²) in [5, 5.41) is 0.833. The smallest absolute Gasteiger partial charge is 0.00416 e. The minimum atomic E-state index is 0.833. The molecule has 0 saturated heterocycles. The van der Waals surface area contributed by atoms with Crippen LogP contribution in [-0.2, 0) is 0 Å². The lowest BCUT2D eigenvalue weighted by molar-refractivity contribution is 0.642. The van der Waals surface area contributed by atoms with E-state index in [1.54, 1.807) is 0 Å². The fourth-order valence-electron chi connectivity index (χ4n) is 0.455. The Morgan fingerprint density at radius 2 is 1.75 bits per heavy atom. The molecule has 0 spiro atoms. The number of hydrogen-bond acceptors (Lipinski definition) is 1. The molecule has 0 nitrogen and oxygen atoms in total. The minimum absolute atomic E-state index is 0.833. The van der Waals surface area contributed by atoms with Crippen molar-refractivity contribution in [2.24, 2.45) is 5.92 Å². The van der Waals surface area contributed by atoms with Crippen LogP contribution in [0.15, 0.2) is 0 Å². The Hall–Kier alpha value is 0.350. The minimum Gasteiger partial charge on any atom is -0.159 e. The Kier molecular flexibility index (Phi) is 4.44. The summed E-state index contributed by atoms with van der Waals surface area (Å²) in [4.78, 5) is 0. The molecule has 0 aliphatic heterocycles. The average Bonchev–Trinajstić information content (AvgIpc) is 1.67. The fourth-order valence-corrected chi connectivity index (χ4v) is 1.37. The second-order valence-corrected chi connectivity index (χ2v) is 4.06. The Morgan fingerprint density at radius 3 is 1.88 bits per heavy atom. The molecule has 0 N–H and O–H groups in total. The van der Waals surface area contributed by atoms with Gasteiger partial charge in [0.15, 0.2) is 0 Å². The Labute approximate surface area is 57.1 Å². The van der Waals surface area contributed by atoms with Gasteiger partial charge in [0.2, 0.25) is 0 Å². The van der Waals surface area contributed by atoms with Gasteiger partial charge in [-0.15, -0.1) is 0 Å². The van der Waals surface area contributed by atoms with E-state index in [0.717, 1.165) is 11.2 Å². The maximum Gasteiger partial charge on any atom is 0.00416 e. The van der Waals surface area contributed by atoms with Crippen LogP contribution in [0.3, 0.4) is 0 Å². The monoisotopic (exact) mass is 132 g/mol. The first-order valence-corrected chi connectivity index (χ1v) is 4.35. The topological polar surface area (TPSA) is 0 Å². The van der Waals surface area contributed by atoms with E-state index in [1.807, 2.05) is 11.8 Å². The van der Waals surface area contributed by atoms with Crippen LogP contribution >= 0.6 is 11.8 Å². The average molecular weight is 132 g/mol. The number of thioether (sulfide) groups is 1. The van der Waals surface area contributed by atoms with E-state index in [9.17, 15) is 0 Å². The van der Waals surface area contributed by atoms with Gasteiger partial charge in [0.1, 0.15) is 0 Å². The van der Waals surface area contributed by atoms with Crippen molar-refractivity contribution in [2.45, 2.75) is 32.9 Å². The van der Waals surface area contributed by atoms with Crippen LogP contribution in [0.1, 0.15) is 27.7 Å². The molecular formula is C7H16S. The highest BCUT2D eigenvalue weighted by atomic mass is 32.2. The molecule has 0 aliphatic rings. The number of hydrogen-bond donors (Lipinski definition) is 0. The van der Waals surface area contributed by atoms with Crippen LogP contribution in [0.5, 0.6) is 0 Å². The molecule has 0 fully saturated rings. The van der Waals surface area contributed by atoms with Crippen molar-refractivity contribution in [2.75, 3.05) is 5.75 Å². The van der Waals surface area contributed by atoms with Gasteiger partial charge in [0, 0.05) is 5.25 Å². The van der Waals surface area contributed by atoms with Gasteiger partial charge >= 0.3 is 0 Å². The van der Waals surface area contributed by atoms with E-state index in [0.29, 0.717) is 0 Å². The van der Waals surface area contributed by atoms with E-state index >= 15 is 0 Å². The van der Waals surface area contributed by atoms with Crippen LogP contribution in [0.25, 0.3) is 0 Å². The zero-order valence-electron chi connectivity index (χ0n) is 6.27. The highest BCUT2D eigenvalue weighted by molar-refractivity contribution is 7.99. The number of rotatable bonds is 3. The predicted octanol–water partition coefficient (Wildman–Crippen LogP) is 2.78. The summed E-state index contributed by atoms with van der Waals surface area (Å²) in [5.74, 6) is 2.08. The van der Waals surface area contributed by atoms with Gasteiger partial charge in [-0.2, -0.15) is 11.8 Å². The summed E-state index contributed by atoms with van der Waals surface area (Å²) in [6, 6.07) is 0. The molecule has 0 aromatic rings. The third kappa shape index (κ3) is 3.36. The van der Waals surface area contributed by atoms with Crippen LogP contribution in [0.2, 0.25) is 0 Å². The zero-order chi connectivity index (χ0) is 6.57. The summed E-state index contributed by atoms with van der Waals surface area (Å²) in [7, 11) is 0. The zero-order valence-corrected chi connectivity index (χ0v) is 7.09. The van der Waals surface area contributed by atoms with E-state index < -0.39 is 0 Å². The summed E-state index contributed by atoms with van der Waals surface area (Å²) in [6.07, 6.45) is 0. The van der Waals surface area contributed by atoms with Crippen molar-refractivity contribution in [3.8, 4) is 0 Å². The lowest BCUT2D eigenvalue weighted by atomic mass is 10.2. The van der Waals surface area contributed by atoms with Gasteiger partial charge in [0.25, 0.3) is 0 Å². The van der Waals surface area contributed by atoms with Gasteiger partial charge in [-0.1, -0.05) is 27.7 Å². The molecule has 0 heterocycles. The van der Waals surface area contributed by atoms with Crippen molar-refractivity contribution >= 4 is 11.8 Å². The first-order valence-electron chi connectivity index (χ1n) is 3.30. The molecule has 0 radical (unpaired) electrons. The first-order chi connectivity index (χ1) is 3.68. The third-order valence-electron chi connectivity index (χ3n) is 1.37. The lowest BCUT2D eigenvalue weighted by Crippen LogP contribution is -2.05. The summed E-state index contributed by atoms with van der Waals surface area (Å²) < 4.78 is 0. The van der Waals surface area contributed by atoms with Gasteiger partial charge in [0.05, 0.1) is 0 Å². The molecule has 0 amide bonds. The molecule has 0 saturated carbocycles. The Bertz CT molecular complexity index is 50.3. The molecule has 0 aromatic heterocycles. The van der Waals surface area contributed by atoms with E-state index in [1.165, 1.54) is 5.75 Å². The second kappa shape index (κ2) is 4.25. The van der Waals surface area contributed by atoms with Gasteiger partial charge in [-0.05, 0) is 11.7 Å². The van der Waals surface area contributed by atoms with E-state index in [2.05, 4.69) is 27.7 Å². The van der Waals surface area contributed by atoms with Gasteiger partial charge in [-0.25, -0.2) is 0 Å². The van der Waals surface area contributed by atoms with Crippen molar-refractivity contribution in [1.29, 1.82) is 0 Å². The largest absolute Gasteiger partial charge is 0.159 e. The highest BCUT2D eigenvalue weighted by Gasteiger charge is 2.03. The molecular weight excluding hydrogens is 116 g/mol. The fraction of sp³-hybridized carbons (Fsp3) is 1.00. The van der Waals surface area contributed by atoms with Crippen LogP contribution in [0, 0.1) is 5.92 Å². The van der Waals surface area contributed by atoms with Crippen LogP contribution in [0.4, 0.5) is 0 Å². The maximum absolute atomic E-state index is 2.29. The summed E-state index contributed by atoms with van der Waals surface area (Å²) >= 11 is 2.04. The second-order valence-electron chi connectivity index (χ2n) is 2.40. The highest BCUT2D eigenvalue weighted by Crippen LogP contribution is 2.17. The van der Waals surface area contributed by atoms with Crippen LogP contribution < -0.4 is 0 Å².